The molecule has 0 atom stereocenters. The number of benzene rings is 1. The first kappa shape index (κ1) is 15.1. The molecule has 112 valence electrons. The van der Waals surface area contributed by atoms with Crippen molar-refractivity contribution >= 4 is 33.2 Å². The summed E-state index contributed by atoms with van der Waals surface area (Å²) < 4.78 is 25.3. The van der Waals surface area contributed by atoms with Crippen molar-refractivity contribution in [3.05, 3.63) is 24.3 Å². The average Bonchev–Trinajstić information content (AvgIpc) is 2.48. The van der Waals surface area contributed by atoms with E-state index in [1.165, 1.54) is 31.3 Å². The second-order valence-corrected chi connectivity index (χ2v) is 6.17. The van der Waals surface area contributed by atoms with E-state index >= 15 is 0 Å². The molecule has 0 aliphatic carbocycles. The van der Waals surface area contributed by atoms with E-state index in [1.807, 2.05) is 0 Å². The second-order valence-electron chi connectivity index (χ2n) is 4.28. The second kappa shape index (κ2) is 6.02. The predicted octanol–water partition coefficient (Wildman–Crippen LogP) is -0.201. The quantitative estimate of drug-likeness (QED) is 0.714. The summed E-state index contributed by atoms with van der Waals surface area (Å²) in [5, 5.41) is 6.26. The summed E-state index contributed by atoms with van der Waals surface area (Å²) >= 11 is 0. The molecule has 1 heterocycles. The summed E-state index contributed by atoms with van der Waals surface area (Å²) in [6.07, 6.45) is 0.482. The van der Waals surface area contributed by atoms with Crippen LogP contribution >= 0.6 is 0 Å². The van der Waals surface area contributed by atoms with Crippen LogP contribution in [-0.2, 0) is 19.6 Å². The van der Waals surface area contributed by atoms with Crippen molar-refractivity contribution in [3.63, 3.8) is 0 Å². The van der Waals surface area contributed by atoms with Crippen LogP contribution < -0.4 is 15.5 Å². The molecule has 0 fully saturated rings. The molecule has 21 heavy (non-hydrogen) atoms. The van der Waals surface area contributed by atoms with Crippen LogP contribution in [0.4, 0.5) is 5.69 Å². The van der Waals surface area contributed by atoms with Gasteiger partial charge in [-0.15, -0.1) is 0 Å². The van der Waals surface area contributed by atoms with Gasteiger partial charge in [-0.05, 0) is 31.3 Å². The molecule has 2 rings (SSSR count). The van der Waals surface area contributed by atoms with E-state index in [0.29, 0.717) is 5.69 Å². The molecule has 0 saturated carbocycles. The Balaban J connectivity index is 2.07. The number of hydrogen-bond acceptors (Lipinski definition) is 5. The van der Waals surface area contributed by atoms with Gasteiger partial charge in [0.2, 0.25) is 15.9 Å². The minimum Gasteiger partial charge on any atom is -0.321 e. The zero-order valence-corrected chi connectivity index (χ0v) is 12.0. The fraction of sp³-hybridized carbons (Fsp3) is 0.250. The molecule has 1 aliphatic heterocycles. The van der Waals surface area contributed by atoms with Crippen LogP contribution in [-0.4, -0.2) is 33.0 Å². The van der Waals surface area contributed by atoms with Gasteiger partial charge < -0.3 is 5.32 Å². The number of rotatable bonds is 4. The maximum Gasteiger partial charge on any atom is 0.271 e. The number of carbonyl (C=O) groups is 2. The van der Waals surface area contributed by atoms with Crippen LogP contribution in [0, 0.1) is 0 Å². The van der Waals surface area contributed by atoms with E-state index in [1.54, 1.807) is 0 Å². The van der Waals surface area contributed by atoms with Crippen molar-refractivity contribution in [2.45, 2.75) is 17.7 Å². The average molecular weight is 310 g/mol. The Kier molecular flexibility index (Phi) is 4.34. The molecule has 0 aromatic heterocycles. The van der Waals surface area contributed by atoms with Gasteiger partial charge in [-0.3, -0.25) is 9.59 Å². The highest BCUT2D eigenvalue weighted by molar-refractivity contribution is 7.89. The largest absolute Gasteiger partial charge is 0.321 e. The number of nitrogens with zero attached hydrogens (tertiary/aromatic N) is 1. The van der Waals surface area contributed by atoms with Gasteiger partial charge in [-0.1, -0.05) is 0 Å². The highest BCUT2D eigenvalue weighted by Gasteiger charge is 2.18. The van der Waals surface area contributed by atoms with Crippen LogP contribution in [0.3, 0.4) is 0 Å². The highest BCUT2D eigenvalue weighted by Crippen LogP contribution is 2.14. The summed E-state index contributed by atoms with van der Waals surface area (Å²) in [5.74, 6) is -0.660. The molecule has 0 spiro atoms. The maximum atomic E-state index is 11.9. The van der Waals surface area contributed by atoms with E-state index in [0.717, 1.165) is 0 Å². The van der Waals surface area contributed by atoms with Gasteiger partial charge in [0, 0.05) is 18.5 Å². The van der Waals surface area contributed by atoms with E-state index < -0.39 is 15.9 Å². The normalized spacial score (nSPS) is 15.1. The Bertz CT molecular complexity index is 694. The number of nitrogens with one attached hydrogen (secondary N) is 3. The molecule has 0 saturated heterocycles. The third-order valence-corrected chi connectivity index (χ3v) is 4.29. The minimum atomic E-state index is -3.50. The number of hydrazone groups is 1. The van der Waals surface area contributed by atoms with E-state index in [2.05, 4.69) is 20.6 Å². The summed E-state index contributed by atoms with van der Waals surface area (Å²) in [5.41, 5.74) is 2.90. The smallest absolute Gasteiger partial charge is 0.271 e. The van der Waals surface area contributed by atoms with E-state index in [9.17, 15) is 18.0 Å². The monoisotopic (exact) mass is 310 g/mol. The standard InChI is InChI=1S/C12H14N4O4S/c1-13-21(19,20)9-4-2-8(3-5-9)14-12(18)10-6-7-11(17)16-15-10/h2-5,13H,6-7H2,1H3,(H,14,18)(H,16,17). The number of anilines is 1. The van der Waals surface area contributed by atoms with Gasteiger partial charge in [0.1, 0.15) is 5.71 Å². The van der Waals surface area contributed by atoms with Gasteiger partial charge in [-0.2, -0.15) is 5.10 Å². The maximum absolute atomic E-state index is 11.9. The lowest BCUT2D eigenvalue weighted by molar-refractivity contribution is -0.121. The number of hydrogen-bond donors (Lipinski definition) is 3. The highest BCUT2D eigenvalue weighted by atomic mass is 32.2. The Morgan fingerprint density at radius 2 is 1.90 bits per heavy atom. The Morgan fingerprint density at radius 1 is 1.24 bits per heavy atom. The molecule has 8 nitrogen and oxygen atoms in total. The van der Waals surface area contributed by atoms with Crippen LogP contribution in [0.2, 0.25) is 0 Å². The number of sulfonamides is 1. The number of carbonyl (C=O) groups excluding carboxylic acids is 2. The van der Waals surface area contributed by atoms with Gasteiger partial charge in [0.05, 0.1) is 4.90 Å². The first-order valence-corrected chi connectivity index (χ1v) is 7.61. The molecule has 0 radical (unpaired) electrons. The molecular formula is C12H14N4O4S. The van der Waals surface area contributed by atoms with Crippen molar-refractivity contribution in [3.8, 4) is 0 Å². The molecule has 9 heteroatoms. The van der Waals surface area contributed by atoms with Crippen molar-refractivity contribution in [1.82, 2.24) is 10.1 Å². The van der Waals surface area contributed by atoms with Crippen molar-refractivity contribution < 1.29 is 18.0 Å². The zero-order chi connectivity index (χ0) is 15.5. The molecule has 3 N–H and O–H groups in total. The lowest BCUT2D eigenvalue weighted by atomic mass is 10.1. The van der Waals surface area contributed by atoms with Crippen LogP contribution in [0.15, 0.2) is 34.3 Å². The molecule has 1 aliphatic rings. The Hall–Kier alpha value is -2.26. The Labute approximate surface area is 121 Å². The zero-order valence-electron chi connectivity index (χ0n) is 11.2. The van der Waals surface area contributed by atoms with Crippen molar-refractivity contribution in [1.29, 1.82) is 0 Å². The molecule has 2 amide bonds. The number of amides is 2. The van der Waals surface area contributed by atoms with Gasteiger partial charge in [0.15, 0.2) is 0 Å². The molecule has 1 aromatic rings. The van der Waals surface area contributed by atoms with Gasteiger partial charge in [-0.25, -0.2) is 18.6 Å². The van der Waals surface area contributed by atoms with Gasteiger partial charge >= 0.3 is 0 Å². The lowest BCUT2D eigenvalue weighted by Crippen LogP contribution is -2.32. The topological polar surface area (TPSA) is 117 Å². The summed E-state index contributed by atoms with van der Waals surface area (Å²) in [7, 11) is -2.18. The summed E-state index contributed by atoms with van der Waals surface area (Å²) in [4.78, 5) is 22.9. The van der Waals surface area contributed by atoms with Crippen LogP contribution in [0.25, 0.3) is 0 Å². The third-order valence-electron chi connectivity index (χ3n) is 2.86. The van der Waals surface area contributed by atoms with Crippen molar-refractivity contribution in [2.75, 3.05) is 12.4 Å². The van der Waals surface area contributed by atoms with Gasteiger partial charge in [0.25, 0.3) is 5.91 Å². The first-order valence-electron chi connectivity index (χ1n) is 6.13. The summed E-state index contributed by atoms with van der Waals surface area (Å²) in [6.45, 7) is 0. The molecular weight excluding hydrogens is 296 g/mol. The van der Waals surface area contributed by atoms with E-state index in [-0.39, 0.29) is 29.4 Å². The lowest BCUT2D eigenvalue weighted by Gasteiger charge is -2.12. The van der Waals surface area contributed by atoms with E-state index in [4.69, 9.17) is 0 Å². The van der Waals surface area contributed by atoms with Crippen LogP contribution in [0.5, 0.6) is 0 Å². The predicted molar refractivity (Wildman–Crippen MR) is 76.1 cm³/mol. The third kappa shape index (κ3) is 3.64. The minimum absolute atomic E-state index is 0.102. The Morgan fingerprint density at radius 3 is 2.43 bits per heavy atom. The SMILES string of the molecule is CNS(=O)(=O)c1ccc(NC(=O)C2=NNC(=O)CC2)cc1. The molecule has 1 aromatic carbocycles. The molecule has 0 unspecified atom stereocenters. The van der Waals surface area contributed by atoms with Crippen LogP contribution in [0.1, 0.15) is 12.8 Å². The summed E-state index contributed by atoms with van der Waals surface area (Å²) in [6, 6.07) is 5.71. The first-order chi connectivity index (χ1) is 9.92. The van der Waals surface area contributed by atoms with Crippen molar-refractivity contribution in [2.24, 2.45) is 5.10 Å². The fourth-order valence-electron chi connectivity index (χ4n) is 1.68. The fourth-order valence-corrected chi connectivity index (χ4v) is 2.41. The molecule has 0 bridgehead atoms.